The maximum atomic E-state index is 8.69. The summed E-state index contributed by atoms with van der Waals surface area (Å²) in [5, 5.41) is 20.8. The van der Waals surface area contributed by atoms with Crippen molar-refractivity contribution in [1.29, 1.82) is 10.8 Å². The number of hydrogen-bond donors (Lipinski definition) is 4. The van der Waals surface area contributed by atoms with Crippen molar-refractivity contribution in [1.82, 2.24) is 0 Å². The predicted molar refractivity (Wildman–Crippen MR) is 234 cm³/mol. The molecular weight excluding hydrogens is 689 g/mol. The summed E-state index contributed by atoms with van der Waals surface area (Å²) in [6, 6.07) is 55.2. The van der Waals surface area contributed by atoms with Gasteiger partial charge in [-0.1, -0.05) is 132 Å². The second kappa shape index (κ2) is 16.7. The third-order valence-electron chi connectivity index (χ3n) is 9.38. The minimum Gasteiger partial charge on any atom is -0.456 e. The molecule has 0 fully saturated rings. The van der Waals surface area contributed by atoms with Gasteiger partial charge in [-0.15, -0.1) is 0 Å². The third kappa shape index (κ3) is 8.51. The molecule has 0 bridgehead atoms. The van der Waals surface area contributed by atoms with Crippen LogP contribution in [0, 0.1) is 24.7 Å². The van der Waals surface area contributed by atoms with Gasteiger partial charge in [0.1, 0.15) is 22.3 Å². The first kappa shape index (κ1) is 36.9. The Kier molecular flexibility index (Phi) is 11.0. The lowest BCUT2D eigenvalue weighted by Gasteiger charge is -2.04. The molecule has 0 spiro atoms. The van der Waals surface area contributed by atoms with Crippen LogP contribution in [0.15, 0.2) is 191 Å². The van der Waals surface area contributed by atoms with Gasteiger partial charge < -0.3 is 31.1 Å². The van der Waals surface area contributed by atoms with Crippen LogP contribution in [-0.2, 0) is 0 Å². The number of furan rings is 2. The molecule has 2 aromatic heterocycles. The zero-order valence-corrected chi connectivity index (χ0v) is 31.3. The Labute approximate surface area is 326 Å². The summed E-state index contributed by atoms with van der Waals surface area (Å²) >= 11 is 0. The van der Waals surface area contributed by atoms with Gasteiger partial charge in [0, 0.05) is 44.6 Å². The molecule has 0 unspecified atom stereocenters. The molecule has 0 atom stereocenters. The molecule has 9 aromatic rings. The van der Waals surface area contributed by atoms with Crippen molar-refractivity contribution in [2.45, 2.75) is 13.8 Å². The summed E-state index contributed by atoms with van der Waals surface area (Å²) in [6.45, 7) is 4.17. The van der Waals surface area contributed by atoms with E-state index in [2.05, 4.69) is 44.2 Å². The predicted octanol–water partition coefficient (Wildman–Crippen LogP) is 12.2. The minimum atomic E-state index is 0.315. The Hall–Kier alpha value is -7.44. The average Bonchev–Trinajstić information content (AvgIpc) is 3.77. The van der Waals surface area contributed by atoms with E-state index in [-0.39, 0.29) is 0 Å². The maximum absolute atomic E-state index is 8.69. The van der Waals surface area contributed by atoms with E-state index in [4.69, 9.17) is 31.1 Å². The largest absolute Gasteiger partial charge is 0.456 e. The van der Waals surface area contributed by atoms with Crippen molar-refractivity contribution in [3.05, 3.63) is 215 Å². The highest BCUT2D eigenvalue weighted by Gasteiger charge is 2.15. The molecule has 9 rings (SSSR count). The molecular formula is C50H42N4O2. The Morgan fingerprint density at radius 3 is 1.23 bits per heavy atom. The van der Waals surface area contributed by atoms with Gasteiger partial charge in [-0.2, -0.15) is 0 Å². The van der Waals surface area contributed by atoms with Crippen LogP contribution in [0.4, 0.5) is 0 Å². The van der Waals surface area contributed by atoms with Crippen molar-refractivity contribution < 1.29 is 8.83 Å². The average molecular weight is 731 g/mol. The fourth-order valence-electron chi connectivity index (χ4n) is 6.36. The van der Waals surface area contributed by atoms with Crippen molar-refractivity contribution in [3.63, 3.8) is 0 Å². The first-order chi connectivity index (χ1) is 27.2. The summed E-state index contributed by atoms with van der Waals surface area (Å²) in [5.41, 5.74) is 23.2. The monoisotopic (exact) mass is 730 g/mol. The molecule has 0 aliphatic heterocycles. The highest BCUT2D eigenvalue weighted by Crippen LogP contribution is 2.37. The molecule has 0 aliphatic rings. The molecule has 0 amide bonds. The Morgan fingerprint density at radius 2 is 0.768 bits per heavy atom. The first-order valence-electron chi connectivity index (χ1n) is 18.3. The van der Waals surface area contributed by atoms with Crippen LogP contribution in [0.5, 0.6) is 0 Å². The van der Waals surface area contributed by atoms with Crippen LogP contribution in [0.25, 0.3) is 55.3 Å². The standard InChI is InChI=1S/C36H26N4O2.2C7H8/c37-29(21-7-3-1-4-8-21)18-31(39)23-11-13-33-25(15-23)27-17-28-26-16-24(12-14-34(26)42-36(28)20-35(27)41-33)32(40)19-30(38)22-9-5-2-6-10-22;2*1-7-5-3-2-4-6-7/h1-20,37,40H,38-39H2;2*2-6H,1H3/b30-19-,31-18-,37-29?,40-32?;;. The van der Waals surface area contributed by atoms with E-state index < -0.39 is 0 Å². The zero-order chi connectivity index (χ0) is 39.0. The molecule has 2 heterocycles. The first-order valence-corrected chi connectivity index (χ1v) is 18.3. The van der Waals surface area contributed by atoms with E-state index in [0.717, 1.165) is 55.0 Å². The lowest BCUT2D eigenvalue weighted by molar-refractivity contribution is 0.656. The summed E-state index contributed by atoms with van der Waals surface area (Å²) < 4.78 is 12.3. The van der Waals surface area contributed by atoms with Gasteiger partial charge >= 0.3 is 0 Å². The number of benzene rings is 7. The minimum absolute atomic E-state index is 0.315. The number of allylic oxidation sites excluding steroid dienone is 2. The molecule has 6 N–H and O–H groups in total. The van der Waals surface area contributed by atoms with E-state index in [9.17, 15) is 0 Å². The molecule has 7 aromatic carbocycles. The second-order valence-electron chi connectivity index (χ2n) is 13.5. The van der Waals surface area contributed by atoms with E-state index in [1.807, 2.05) is 140 Å². The van der Waals surface area contributed by atoms with E-state index in [0.29, 0.717) is 34.0 Å². The van der Waals surface area contributed by atoms with Crippen LogP contribution >= 0.6 is 0 Å². The van der Waals surface area contributed by atoms with E-state index in [1.165, 1.54) is 11.1 Å². The van der Waals surface area contributed by atoms with Gasteiger partial charge in [0.05, 0.1) is 11.4 Å². The summed E-state index contributed by atoms with van der Waals surface area (Å²) in [5.74, 6) is 0. The second-order valence-corrected chi connectivity index (χ2v) is 13.5. The number of rotatable bonds is 6. The van der Waals surface area contributed by atoms with E-state index >= 15 is 0 Å². The molecule has 274 valence electrons. The number of nitrogens with one attached hydrogen (secondary N) is 2. The quantitative estimate of drug-likeness (QED) is 0.127. The SMILES string of the molecule is Cc1ccccc1.Cc1ccccc1.N=C(/C=C(\N)c1ccc2oc3cc4oc5ccc(C(=N)/C=C(\N)c6ccccc6)cc5c4cc3c2c1)c1ccccc1. The lowest BCUT2D eigenvalue weighted by atomic mass is 10.0. The zero-order valence-electron chi connectivity index (χ0n) is 31.3. The maximum Gasteiger partial charge on any atom is 0.139 e. The van der Waals surface area contributed by atoms with Gasteiger partial charge in [0.2, 0.25) is 0 Å². The van der Waals surface area contributed by atoms with Crippen LogP contribution < -0.4 is 11.5 Å². The molecule has 0 aliphatic carbocycles. The number of fused-ring (bicyclic) bond motifs is 6. The van der Waals surface area contributed by atoms with Gasteiger partial charge in [-0.25, -0.2) is 0 Å². The normalized spacial score (nSPS) is 11.5. The smallest absolute Gasteiger partial charge is 0.139 e. The van der Waals surface area contributed by atoms with Crippen molar-refractivity contribution >= 4 is 66.7 Å². The Bertz CT molecular complexity index is 2810. The van der Waals surface area contributed by atoms with E-state index in [1.54, 1.807) is 12.2 Å². The van der Waals surface area contributed by atoms with Crippen molar-refractivity contribution in [3.8, 4) is 0 Å². The van der Waals surface area contributed by atoms with Gasteiger partial charge in [0.15, 0.2) is 0 Å². The Balaban J connectivity index is 0.000000288. The molecule has 6 heteroatoms. The van der Waals surface area contributed by atoms with Gasteiger partial charge in [0.25, 0.3) is 0 Å². The van der Waals surface area contributed by atoms with Gasteiger partial charge in [-0.3, -0.25) is 0 Å². The fraction of sp³-hybridized carbons (Fsp3) is 0.0400. The summed E-state index contributed by atoms with van der Waals surface area (Å²) in [4.78, 5) is 0. The van der Waals surface area contributed by atoms with Crippen molar-refractivity contribution in [2.24, 2.45) is 11.5 Å². The summed E-state index contributed by atoms with van der Waals surface area (Å²) in [6.07, 6.45) is 3.35. The van der Waals surface area contributed by atoms with Crippen LogP contribution in [0.3, 0.4) is 0 Å². The highest BCUT2D eigenvalue weighted by molar-refractivity contribution is 6.18. The summed E-state index contributed by atoms with van der Waals surface area (Å²) in [7, 11) is 0. The van der Waals surface area contributed by atoms with Crippen LogP contribution in [0.1, 0.15) is 33.4 Å². The van der Waals surface area contributed by atoms with Crippen LogP contribution in [0.2, 0.25) is 0 Å². The molecule has 56 heavy (non-hydrogen) atoms. The fourth-order valence-corrected chi connectivity index (χ4v) is 6.36. The highest BCUT2D eigenvalue weighted by atomic mass is 16.3. The van der Waals surface area contributed by atoms with Crippen molar-refractivity contribution in [2.75, 3.05) is 0 Å². The third-order valence-corrected chi connectivity index (χ3v) is 9.38. The molecule has 0 saturated carbocycles. The lowest BCUT2D eigenvalue weighted by Crippen LogP contribution is -2.02. The van der Waals surface area contributed by atoms with Crippen LogP contribution in [-0.4, -0.2) is 11.4 Å². The molecule has 0 saturated heterocycles. The van der Waals surface area contributed by atoms with Gasteiger partial charge in [-0.05, 0) is 85.2 Å². The topological polar surface area (TPSA) is 126 Å². The molecule has 0 radical (unpaired) electrons. The number of hydrogen-bond acceptors (Lipinski definition) is 6. The number of aryl methyl sites for hydroxylation is 2. The number of nitrogens with two attached hydrogens (primary N) is 2. The molecule has 6 nitrogen and oxygen atoms in total. The Morgan fingerprint density at radius 1 is 0.393 bits per heavy atom.